The summed E-state index contributed by atoms with van der Waals surface area (Å²) >= 11 is 5.86. The molecule has 1 N–H and O–H groups in total. The van der Waals surface area contributed by atoms with E-state index in [4.69, 9.17) is 16.3 Å². The predicted molar refractivity (Wildman–Crippen MR) is 83.7 cm³/mol. The number of H-pyrrole nitrogens is 1. The smallest absolute Gasteiger partial charge is 0.311 e. The number of halogens is 1. The molecule has 106 valence electrons. The third kappa shape index (κ3) is 3.26. The summed E-state index contributed by atoms with van der Waals surface area (Å²) in [5, 5.41) is 1.70. The van der Waals surface area contributed by atoms with Crippen molar-refractivity contribution in [3.63, 3.8) is 0 Å². The van der Waals surface area contributed by atoms with Gasteiger partial charge in [-0.25, -0.2) is 0 Å². The highest BCUT2D eigenvalue weighted by Gasteiger charge is 2.08. The standard InChI is InChI=1S/C17H14ClNO2/c18-13-4-3-5-14(10-13)21-17(20)9-8-12-11-19-16-7-2-1-6-15(12)16/h1-7,10-11,19H,8-9H2. The minimum Gasteiger partial charge on any atom is -0.426 e. The van der Waals surface area contributed by atoms with E-state index >= 15 is 0 Å². The summed E-state index contributed by atoms with van der Waals surface area (Å²) < 4.78 is 5.27. The summed E-state index contributed by atoms with van der Waals surface area (Å²) in [6.45, 7) is 0. The summed E-state index contributed by atoms with van der Waals surface area (Å²) in [7, 11) is 0. The number of ether oxygens (including phenoxy) is 1. The van der Waals surface area contributed by atoms with Gasteiger partial charge in [0, 0.05) is 22.1 Å². The van der Waals surface area contributed by atoms with Crippen molar-refractivity contribution in [2.45, 2.75) is 12.8 Å². The monoisotopic (exact) mass is 299 g/mol. The molecule has 0 spiro atoms. The van der Waals surface area contributed by atoms with Crippen molar-refractivity contribution in [1.82, 2.24) is 4.98 Å². The van der Waals surface area contributed by atoms with Gasteiger partial charge < -0.3 is 9.72 Å². The second-order valence-corrected chi connectivity index (χ2v) is 5.23. The van der Waals surface area contributed by atoms with Crippen LogP contribution in [0.15, 0.2) is 54.7 Å². The molecule has 0 aliphatic heterocycles. The summed E-state index contributed by atoms with van der Waals surface area (Å²) in [4.78, 5) is 15.1. The van der Waals surface area contributed by atoms with Crippen molar-refractivity contribution in [1.29, 1.82) is 0 Å². The molecule has 3 aromatic rings. The molecule has 0 atom stereocenters. The molecule has 0 radical (unpaired) electrons. The molecule has 0 amide bonds. The Balaban J connectivity index is 1.63. The van der Waals surface area contributed by atoms with Crippen LogP contribution < -0.4 is 4.74 Å². The molecule has 0 bridgehead atoms. The Morgan fingerprint density at radius 3 is 2.86 bits per heavy atom. The van der Waals surface area contributed by atoms with E-state index in [9.17, 15) is 4.79 Å². The van der Waals surface area contributed by atoms with Gasteiger partial charge in [-0.05, 0) is 36.2 Å². The molecular formula is C17H14ClNO2. The second kappa shape index (κ2) is 6.02. The Kier molecular flexibility index (Phi) is 3.93. The van der Waals surface area contributed by atoms with Gasteiger partial charge in [0.25, 0.3) is 0 Å². The zero-order valence-electron chi connectivity index (χ0n) is 11.3. The van der Waals surface area contributed by atoms with Gasteiger partial charge in [-0.3, -0.25) is 4.79 Å². The normalized spacial score (nSPS) is 10.7. The molecule has 21 heavy (non-hydrogen) atoms. The van der Waals surface area contributed by atoms with Crippen molar-refractivity contribution in [2.24, 2.45) is 0 Å². The van der Waals surface area contributed by atoms with E-state index < -0.39 is 0 Å². The van der Waals surface area contributed by atoms with Crippen molar-refractivity contribution >= 4 is 28.5 Å². The topological polar surface area (TPSA) is 42.1 Å². The van der Waals surface area contributed by atoms with Crippen LogP contribution in [0, 0.1) is 0 Å². The highest BCUT2D eigenvalue weighted by atomic mass is 35.5. The van der Waals surface area contributed by atoms with Gasteiger partial charge >= 0.3 is 5.97 Å². The van der Waals surface area contributed by atoms with E-state index in [-0.39, 0.29) is 5.97 Å². The van der Waals surface area contributed by atoms with E-state index in [1.807, 2.05) is 30.5 Å². The lowest BCUT2D eigenvalue weighted by atomic mass is 10.1. The van der Waals surface area contributed by atoms with Gasteiger partial charge in [0.05, 0.1) is 6.42 Å². The van der Waals surface area contributed by atoms with Crippen LogP contribution in [0.25, 0.3) is 10.9 Å². The number of aromatic nitrogens is 1. The minimum atomic E-state index is -0.262. The van der Waals surface area contributed by atoms with Gasteiger partial charge in [0.2, 0.25) is 0 Å². The fourth-order valence-corrected chi connectivity index (χ4v) is 2.47. The molecule has 0 saturated carbocycles. The highest BCUT2D eigenvalue weighted by molar-refractivity contribution is 6.30. The predicted octanol–water partition coefficient (Wildman–Crippen LogP) is 4.36. The van der Waals surface area contributed by atoms with Crippen LogP contribution >= 0.6 is 11.6 Å². The highest BCUT2D eigenvalue weighted by Crippen LogP contribution is 2.20. The number of carbonyl (C=O) groups is 1. The van der Waals surface area contributed by atoms with Crippen molar-refractivity contribution in [3.8, 4) is 5.75 Å². The Morgan fingerprint density at radius 1 is 1.14 bits per heavy atom. The first-order chi connectivity index (χ1) is 10.2. The van der Waals surface area contributed by atoms with Gasteiger partial charge in [-0.1, -0.05) is 35.9 Å². The van der Waals surface area contributed by atoms with Crippen LogP contribution in [0.5, 0.6) is 5.75 Å². The molecule has 0 unspecified atom stereocenters. The number of esters is 1. The number of hydrogen-bond donors (Lipinski definition) is 1. The lowest BCUT2D eigenvalue weighted by Gasteiger charge is -2.04. The van der Waals surface area contributed by atoms with Gasteiger partial charge in [0.15, 0.2) is 0 Å². The first-order valence-corrected chi connectivity index (χ1v) is 7.11. The van der Waals surface area contributed by atoms with E-state index in [0.29, 0.717) is 23.6 Å². The zero-order chi connectivity index (χ0) is 14.7. The zero-order valence-corrected chi connectivity index (χ0v) is 12.1. The van der Waals surface area contributed by atoms with E-state index in [1.165, 1.54) is 0 Å². The fourth-order valence-electron chi connectivity index (χ4n) is 2.29. The van der Waals surface area contributed by atoms with Crippen LogP contribution in [-0.2, 0) is 11.2 Å². The number of carbonyl (C=O) groups excluding carboxylic acids is 1. The maximum Gasteiger partial charge on any atom is 0.311 e. The number of aryl methyl sites for hydroxylation is 1. The number of rotatable bonds is 4. The number of hydrogen-bond acceptors (Lipinski definition) is 2. The lowest BCUT2D eigenvalue weighted by molar-refractivity contribution is -0.134. The first-order valence-electron chi connectivity index (χ1n) is 6.73. The quantitative estimate of drug-likeness (QED) is 0.574. The van der Waals surface area contributed by atoms with Crippen LogP contribution in [0.1, 0.15) is 12.0 Å². The third-order valence-electron chi connectivity index (χ3n) is 3.30. The van der Waals surface area contributed by atoms with Gasteiger partial charge in [-0.15, -0.1) is 0 Å². The molecular weight excluding hydrogens is 286 g/mol. The second-order valence-electron chi connectivity index (χ2n) is 4.79. The number of benzene rings is 2. The molecule has 0 aliphatic carbocycles. The molecule has 3 rings (SSSR count). The molecule has 4 heteroatoms. The maximum atomic E-state index is 11.9. The largest absolute Gasteiger partial charge is 0.426 e. The fraction of sp³-hybridized carbons (Fsp3) is 0.118. The van der Waals surface area contributed by atoms with Gasteiger partial charge in [-0.2, -0.15) is 0 Å². The Labute approximate surface area is 127 Å². The van der Waals surface area contributed by atoms with Crippen molar-refractivity contribution in [3.05, 3.63) is 65.3 Å². The average Bonchev–Trinajstić information content (AvgIpc) is 2.88. The molecule has 0 aliphatic rings. The first kappa shape index (κ1) is 13.7. The summed E-state index contributed by atoms with van der Waals surface area (Å²) in [6, 6.07) is 14.9. The molecule has 1 aromatic heterocycles. The number of fused-ring (bicyclic) bond motifs is 1. The van der Waals surface area contributed by atoms with E-state index in [2.05, 4.69) is 4.98 Å². The minimum absolute atomic E-state index is 0.262. The SMILES string of the molecule is O=C(CCc1c[nH]c2ccccc12)Oc1cccc(Cl)c1. The lowest BCUT2D eigenvalue weighted by Crippen LogP contribution is -2.08. The van der Waals surface area contributed by atoms with Crippen molar-refractivity contribution in [2.75, 3.05) is 0 Å². The van der Waals surface area contributed by atoms with Crippen LogP contribution in [0.2, 0.25) is 5.02 Å². The van der Waals surface area contributed by atoms with E-state index in [0.717, 1.165) is 16.5 Å². The van der Waals surface area contributed by atoms with E-state index in [1.54, 1.807) is 24.3 Å². The number of nitrogens with one attached hydrogen (secondary N) is 1. The van der Waals surface area contributed by atoms with Gasteiger partial charge in [0.1, 0.15) is 5.75 Å². The average molecular weight is 300 g/mol. The number of aromatic amines is 1. The maximum absolute atomic E-state index is 11.9. The Morgan fingerprint density at radius 2 is 2.00 bits per heavy atom. The molecule has 0 fully saturated rings. The van der Waals surface area contributed by atoms with Crippen LogP contribution in [0.3, 0.4) is 0 Å². The molecule has 3 nitrogen and oxygen atoms in total. The Bertz CT molecular complexity index is 779. The Hall–Kier alpha value is -2.26. The molecule has 1 heterocycles. The van der Waals surface area contributed by atoms with Crippen LogP contribution in [-0.4, -0.2) is 11.0 Å². The van der Waals surface area contributed by atoms with Crippen LogP contribution in [0.4, 0.5) is 0 Å². The number of para-hydroxylation sites is 1. The summed E-state index contributed by atoms with van der Waals surface area (Å²) in [5.74, 6) is 0.217. The molecule has 2 aromatic carbocycles. The molecule has 0 saturated heterocycles. The summed E-state index contributed by atoms with van der Waals surface area (Å²) in [5.41, 5.74) is 2.20. The summed E-state index contributed by atoms with van der Waals surface area (Å²) in [6.07, 6.45) is 2.91. The van der Waals surface area contributed by atoms with Crippen molar-refractivity contribution < 1.29 is 9.53 Å². The third-order valence-corrected chi connectivity index (χ3v) is 3.54.